The molecule has 5 nitrogen and oxygen atoms in total. The predicted octanol–water partition coefficient (Wildman–Crippen LogP) is 0.775. The predicted molar refractivity (Wildman–Crippen MR) is 73.1 cm³/mol. The number of halogens is 2. The number of nitrogens with zero attached hydrogens (tertiary/aromatic N) is 2. The van der Waals surface area contributed by atoms with Crippen LogP contribution in [0.25, 0.3) is 0 Å². The van der Waals surface area contributed by atoms with Gasteiger partial charge in [0.1, 0.15) is 6.17 Å². The Morgan fingerprint density at radius 1 is 1.58 bits per heavy atom. The topological polar surface area (TPSA) is 59.0 Å². The monoisotopic (exact) mass is 290 g/mol. The van der Waals surface area contributed by atoms with Gasteiger partial charge in [-0.05, 0) is 13.8 Å². The van der Waals surface area contributed by atoms with Crippen LogP contribution >= 0.6 is 12.4 Å². The number of amides is 1. The van der Waals surface area contributed by atoms with Crippen LogP contribution in [0.1, 0.15) is 23.4 Å². The summed E-state index contributed by atoms with van der Waals surface area (Å²) < 4.78 is 14.8. The van der Waals surface area contributed by atoms with E-state index >= 15 is 0 Å². The Bertz CT molecular complexity index is 463. The molecule has 0 unspecified atom stereocenters. The van der Waals surface area contributed by atoms with Gasteiger partial charge in [-0.1, -0.05) is 0 Å². The lowest BCUT2D eigenvalue weighted by atomic mass is 10.1. The molecular weight excluding hydrogens is 271 g/mol. The van der Waals surface area contributed by atoms with E-state index in [0.29, 0.717) is 6.54 Å². The Balaban J connectivity index is 0.00000180. The SMILES string of the molecule is Cc1nn(C)c(C)c1CNC(=O)[C@H]1C[C@H](F)CN1.Cl. The lowest BCUT2D eigenvalue weighted by Crippen LogP contribution is -2.40. The average Bonchev–Trinajstić information content (AvgIpc) is 2.83. The van der Waals surface area contributed by atoms with E-state index in [1.807, 2.05) is 20.9 Å². The Morgan fingerprint density at radius 2 is 2.26 bits per heavy atom. The van der Waals surface area contributed by atoms with Crippen molar-refractivity contribution in [3.05, 3.63) is 17.0 Å². The van der Waals surface area contributed by atoms with Gasteiger partial charge in [-0.2, -0.15) is 5.10 Å². The van der Waals surface area contributed by atoms with E-state index in [0.717, 1.165) is 17.0 Å². The zero-order valence-electron chi connectivity index (χ0n) is 11.4. The lowest BCUT2D eigenvalue weighted by Gasteiger charge is -2.11. The number of carbonyl (C=O) groups is 1. The van der Waals surface area contributed by atoms with Gasteiger partial charge in [-0.15, -0.1) is 12.4 Å². The maximum Gasteiger partial charge on any atom is 0.237 e. The largest absolute Gasteiger partial charge is 0.351 e. The van der Waals surface area contributed by atoms with Crippen LogP contribution < -0.4 is 10.6 Å². The summed E-state index contributed by atoms with van der Waals surface area (Å²) in [4.78, 5) is 11.8. The van der Waals surface area contributed by atoms with Gasteiger partial charge in [0.15, 0.2) is 0 Å². The van der Waals surface area contributed by atoms with Gasteiger partial charge < -0.3 is 10.6 Å². The highest BCUT2D eigenvalue weighted by atomic mass is 35.5. The van der Waals surface area contributed by atoms with Gasteiger partial charge in [-0.3, -0.25) is 9.48 Å². The zero-order valence-corrected chi connectivity index (χ0v) is 12.2. The smallest absolute Gasteiger partial charge is 0.237 e. The normalized spacial score (nSPS) is 22.1. The molecule has 1 aromatic heterocycles. The zero-order chi connectivity index (χ0) is 13.3. The number of hydrogen-bond donors (Lipinski definition) is 2. The molecule has 1 saturated heterocycles. The van der Waals surface area contributed by atoms with Gasteiger partial charge in [-0.25, -0.2) is 4.39 Å². The molecule has 1 aliphatic rings. The maximum atomic E-state index is 13.0. The summed E-state index contributed by atoms with van der Waals surface area (Å²) in [6, 6.07) is -0.405. The second-order valence-electron chi connectivity index (χ2n) is 4.78. The first kappa shape index (κ1) is 15.9. The van der Waals surface area contributed by atoms with E-state index in [1.165, 1.54) is 0 Å². The van der Waals surface area contributed by atoms with Crippen LogP contribution in [0.4, 0.5) is 4.39 Å². The van der Waals surface area contributed by atoms with Gasteiger partial charge in [0.25, 0.3) is 0 Å². The van der Waals surface area contributed by atoms with Crippen LogP contribution in [-0.4, -0.2) is 34.4 Å². The first-order valence-electron chi connectivity index (χ1n) is 6.13. The van der Waals surface area contributed by atoms with Crippen molar-refractivity contribution in [1.29, 1.82) is 0 Å². The highest BCUT2D eigenvalue weighted by Crippen LogP contribution is 2.13. The second kappa shape index (κ2) is 6.34. The number of aromatic nitrogens is 2. The van der Waals surface area contributed by atoms with Crippen molar-refractivity contribution >= 4 is 18.3 Å². The minimum Gasteiger partial charge on any atom is -0.351 e. The molecule has 2 rings (SSSR count). The van der Waals surface area contributed by atoms with Crippen LogP contribution in [0.15, 0.2) is 0 Å². The Hall–Kier alpha value is -1.14. The molecular formula is C12H20ClFN4O. The van der Waals surface area contributed by atoms with Crippen LogP contribution in [0, 0.1) is 13.8 Å². The summed E-state index contributed by atoms with van der Waals surface area (Å²) in [7, 11) is 1.87. The number of rotatable bonds is 3. The number of alkyl halides is 1. The third kappa shape index (κ3) is 3.45. The summed E-state index contributed by atoms with van der Waals surface area (Å²) in [5, 5.41) is 9.99. The second-order valence-corrected chi connectivity index (χ2v) is 4.78. The van der Waals surface area contributed by atoms with Crippen molar-refractivity contribution in [2.45, 2.75) is 39.0 Å². The number of hydrogen-bond acceptors (Lipinski definition) is 3. The van der Waals surface area contributed by atoms with Crippen LogP contribution in [0.3, 0.4) is 0 Å². The number of aryl methyl sites for hydroxylation is 2. The summed E-state index contributed by atoms with van der Waals surface area (Å²) >= 11 is 0. The van der Waals surface area contributed by atoms with Crippen LogP contribution in [0.2, 0.25) is 0 Å². The summed E-state index contributed by atoms with van der Waals surface area (Å²) in [6.45, 7) is 4.59. The van der Waals surface area contributed by atoms with Crippen LogP contribution in [-0.2, 0) is 18.4 Å². The molecule has 0 radical (unpaired) electrons. The van der Waals surface area contributed by atoms with E-state index in [1.54, 1.807) is 4.68 Å². The molecule has 1 amide bonds. The van der Waals surface area contributed by atoms with E-state index in [4.69, 9.17) is 0 Å². The number of carbonyl (C=O) groups excluding carboxylic acids is 1. The molecule has 2 heterocycles. The van der Waals surface area contributed by atoms with Crippen molar-refractivity contribution in [3.8, 4) is 0 Å². The molecule has 1 aromatic rings. The van der Waals surface area contributed by atoms with Crippen molar-refractivity contribution < 1.29 is 9.18 Å². The molecule has 7 heteroatoms. The summed E-state index contributed by atoms with van der Waals surface area (Å²) in [5.74, 6) is -0.141. The fourth-order valence-corrected chi connectivity index (χ4v) is 2.26. The molecule has 0 spiro atoms. The standard InChI is InChI=1S/C12H19FN4O.ClH/c1-7-10(8(2)17(3)16-7)6-15-12(18)11-4-9(13)5-14-11;/h9,11,14H,4-6H2,1-3H3,(H,15,18);1H/t9-,11+;/m0./s1. The van der Waals surface area contributed by atoms with E-state index in [-0.39, 0.29) is 31.3 Å². The molecule has 0 saturated carbocycles. The molecule has 19 heavy (non-hydrogen) atoms. The quantitative estimate of drug-likeness (QED) is 0.865. The van der Waals surface area contributed by atoms with Crippen molar-refractivity contribution in [1.82, 2.24) is 20.4 Å². The molecule has 0 aliphatic carbocycles. The molecule has 2 N–H and O–H groups in total. The summed E-state index contributed by atoms with van der Waals surface area (Å²) in [5.41, 5.74) is 2.98. The minimum absolute atomic E-state index is 0. The fourth-order valence-electron chi connectivity index (χ4n) is 2.26. The molecule has 0 aromatic carbocycles. The Morgan fingerprint density at radius 3 is 2.74 bits per heavy atom. The highest BCUT2D eigenvalue weighted by Gasteiger charge is 2.29. The Labute approximate surface area is 118 Å². The lowest BCUT2D eigenvalue weighted by molar-refractivity contribution is -0.123. The van der Waals surface area contributed by atoms with Crippen LogP contribution in [0.5, 0.6) is 0 Å². The van der Waals surface area contributed by atoms with Crippen molar-refractivity contribution in [2.75, 3.05) is 6.54 Å². The average molecular weight is 291 g/mol. The molecule has 0 bridgehead atoms. The number of nitrogens with one attached hydrogen (secondary N) is 2. The third-order valence-electron chi connectivity index (χ3n) is 3.49. The fraction of sp³-hybridized carbons (Fsp3) is 0.667. The van der Waals surface area contributed by atoms with E-state index in [2.05, 4.69) is 15.7 Å². The molecule has 1 aliphatic heterocycles. The first-order chi connectivity index (χ1) is 8.49. The third-order valence-corrected chi connectivity index (χ3v) is 3.49. The van der Waals surface area contributed by atoms with E-state index < -0.39 is 12.2 Å². The molecule has 1 fully saturated rings. The van der Waals surface area contributed by atoms with Gasteiger partial charge in [0.05, 0.1) is 11.7 Å². The minimum atomic E-state index is -0.914. The maximum absolute atomic E-state index is 13.0. The van der Waals surface area contributed by atoms with E-state index in [9.17, 15) is 9.18 Å². The van der Waals surface area contributed by atoms with Crippen molar-refractivity contribution in [2.24, 2.45) is 7.05 Å². The van der Waals surface area contributed by atoms with Gasteiger partial charge >= 0.3 is 0 Å². The molecule has 2 atom stereocenters. The van der Waals surface area contributed by atoms with Gasteiger partial charge in [0.2, 0.25) is 5.91 Å². The summed E-state index contributed by atoms with van der Waals surface area (Å²) in [6.07, 6.45) is -0.653. The molecule has 108 valence electrons. The Kier molecular flexibility index (Phi) is 5.31. The highest BCUT2D eigenvalue weighted by molar-refractivity contribution is 5.85. The van der Waals surface area contributed by atoms with Crippen molar-refractivity contribution in [3.63, 3.8) is 0 Å². The van der Waals surface area contributed by atoms with Gasteiger partial charge in [0, 0.05) is 37.8 Å². The first-order valence-corrected chi connectivity index (χ1v) is 6.13.